The molecule has 1 saturated carbocycles. The summed E-state index contributed by atoms with van der Waals surface area (Å²) >= 11 is 0. The van der Waals surface area contributed by atoms with E-state index in [1.807, 2.05) is 0 Å². The number of carbonyl (C=O) groups excluding carboxylic acids is 1. The number of benzene rings is 1. The fourth-order valence-electron chi connectivity index (χ4n) is 3.34. The van der Waals surface area contributed by atoms with Crippen molar-refractivity contribution in [2.45, 2.75) is 50.8 Å². The highest BCUT2D eigenvalue weighted by Crippen LogP contribution is 2.29. The fourth-order valence-corrected chi connectivity index (χ4v) is 4.98. The molecule has 0 amide bonds. The molecule has 1 aromatic carbocycles. The molecule has 1 aromatic rings. The van der Waals surface area contributed by atoms with Crippen LogP contribution >= 0.6 is 0 Å². The molecule has 0 N–H and O–H groups in total. The maximum absolute atomic E-state index is 12.8. The van der Waals surface area contributed by atoms with E-state index in [1.165, 1.54) is 42.8 Å². The predicted octanol–water partition coefficient (Wildman–Crippen LogP) is 3.46. The summed E-state index contributed by atoms with van der Waals surface area (Å²) in [6.07, 6.45) is 5.76. The normalized spacial score (nSPS) is 15.8. The fraction of sp³-hybridized carbons (Fsp3) is 0.632. The summed E-state index contributed by atoms with van der Waals surface area (Å²) in [5.74, 6) is 0.139. The number of ether oxygens (including phenoxy) is 2. The quantitative estimate of drug-likeness (QED) is 0.643. The Morgan fingerprint density at radius 2 is 1.81 bits per heavy atom. The first-order valence-corrected chi connectivity index (χ1v) is 10.7. The summed E-state index contributed by atoms with van der Waals surface area (Å²) in [6, 6.07) is 4.41. The highest BCUT2D eigenvalue weighted by molar-refractivity contribution is 7.89. The van der Waals surface area contributed by atoms with Gasteiger partial charge in [0.15, 0.2) is 0 Å². The van der Waals surface area contributed by atoms with Gasteiger partial charge in [0.1, 0.15) is 10.6 Å². The number of carbonyl (C=O) groups is 1. The van der Waals surface area contributed by atoms with Gasteiger partial charge in [0, 0.05) is 13.1 Å². The Bertz CT molecular complexity index is 707. The van der Waals surface area contributed by atoms with Crippen LogP contribution in [0.15, 0.2) is 23.1 Å². The monoisotopic (exact) mass is 383 g/mol. The topological polar surface area (TPSA) is 72.9 Å². The minimum atomic E-state index is -3.73. The lowest BCUT2D eigenvalue weighted by Gasteiger charge is -2.22. The standard InChI is InChI=1S/C19H29NO5S/c1-4-20(5-2)26(22,23)18-13-16(11-12-17(18)24-3)19(21)25-14-15-9-7-6-8-10-15/h11-13,15H,4-10,14H2,1-3H3. The van der Waals surface area contributed by atoms with E-state index in [4.69, 9.17) is 9.47 Å². The van der Waals surface area contributed by atoms with Gasteiger partial charge in [0.25, 0.3) is 0 Å². The van der Waals surface area contributed by atoms with Crippen LogP contribution in [0, 0.1) is 5.92 Å². The van der Waals surface area contributed by atoms with Crippen molar-refractivity contribution < 1.29 is 22.7 Å². The first-order chi connectivity index (χ1) is 12.4. The first kappa shape index (κ1) is 20.7. The van der Waals surface area contributed by atoms with Gasteiger partial charge in [-0.05, 0) is 37.0 Å². The van der Waals surface area contributed by atoms with Gasteiger partial charge in [-0.3, -0.25) is 0 Å². The molecule has 26 heavy (non-hydrogen) atoms. The number of nitrogens with zero attached hydrogens (tertiary/aromatic N) is 1. The summed E-state index contributed by atoms with van der Waals surface area (Å²) in [7, 11) is -2.32. The Kier molecular flexibility index (Phi) is 7.46. The lowest BCUT2D eigenvalue weighted by atomic mass is 9.90. The smallest absolute Gasteiger partial charge is 0.338 e. The Labute approximate surface area is 156 Å². The van der Waals surface area contributed by atoms with Crippen LogP contribution in [0.5, 0.6) is 5.75 Å². The molecule has 1 aliphatic rings. The molecule has 0 saturated heterocycles. The largest absolute Gasteiger partial charge is 0.495 e. The van der Waals surface area contributed by atoms with E-state index in [2.05, 4.69) is 0 Å². The van der Waals surface area contributed by atoms with Crippen molar-refractivity contribution in [3.8, 4) is 5.75 Å². The second-order valence-corrected chi connectivity index (χ2v) is 8.46. The van der Waals surface area contributed by atoms with Crippen molar-refractivity contribution in [1.82, 2.24) is 4.31 Å². The van der Waals surface area contributed by atoms with Crippen molar-refractivity contribution in [2.75, 3.05) is 26.8 Å². The van der Waals surface area contributed by atoms with Crippen LogP contribution in [0.25, 0.3) is 0 Å². The van der Waals surface area contributed by atoms with E-state index in [-0.39, 0.29) is 16.2 Å². The van der Waals surface area contributed by atoms with Crippen molar-refractivity contribution in [2.24, 2.45) is 5.92 Å². The Morgan fingerprint density at radius 1 is 1.15 bits per heavy atom. The number of esters is 1. The number of rotatable bonds is 8. The van der Waals surface area contributed by atoms with Gasteiger partial charge in [-0.15, -0.1) is 0 Å². The number of hydrogen-bond acceptors (Lipinski definition) is 5. The van der Waals surface area contributed by atoms with Crippen LogP contribution in [0.1, 0.15) is 56.3 Å². The molecule has 0 aromatic heterocycles. The zero-order valence-corrected chi connectivity index (χ0v) is 16.7. The van der Waals surface area contributed by atoms with Gasteiger partial charge < -0.3 is 9.47 Å². The molecule has 0 heterocycles. The van der Waals surface area contributed by atoms with Crippen LogP contribution in [0.4, 0.5) is 0 Å². The maximum Gasteiger partial charge on any atom is 0.338 e. The molecule has 0 bridgehead atoms. The Morgan fingerprint density at radius 3 is 2.38 bits per heavy atom. The summed E-state index contributed by atoms with van der Waals surface area (Å²) in [6.45, 7) is 4.63. The summed E-state index contributed by atoms with van der Waals surface area (Å²) in [5, 5.41) is 0. The predicted molar refractivity (Wildman–Crippen MR) is 100.0 cm³/mol. The van der Waals surface area contributed by atoms with Gasteiger partial charge in [-0.25, -0.2) is 13.2 Å². The van der Waals surface area contributed by atoms with Crippen molar-refractivity contribution in [3.05, 3.63) is 23.8 Å². The molecule has 7 heteroatoms. The third-order valence-corrected chi connectivity index (χ3v) is 6.97. The lowest BCUT2D eigenvalue weighted by Crippen LogP contribution is -2.31. The van der Waals surface area contributed by atoms with Crippen LogP contribution in [0.3, 0.4) is 0 Å². The first-order valence-electron chi connectivity index (χ1n) is 9.29. The zero-order chi connectivity index (χ0) is 19.2. The van der Waals surface area contributed by atoms with E-state index >= 15 is 0 Å². The number of methoxy groups -OCH3 is 1. The Hall–Kier alpha value is -1.60. The molecule has 146 valence electrons. The van der Waals surface area contributed by atoms with E-state index in [0.717, 1.165) is 12.8 Å². The lowest BCUT2D eigenvalue weighted by molar-refractivity contribution is 0.0410. The van der Waals surface area contributed by atoms with Crippen molar-refractivity contribution >= 4 is 16.0 Å². The van der Waals surface area contributed by atoms with Gasteiger partial charge in [-0.2, -0.15) is 4.31 Å². The van der Waals surface area contributed by atoms with Crippen molar-refractivity contribution in [1.29, 1.82) is 0 Å². The molecule has 1 aliphatic carbocycles. The van der Waals surface area contributed by atoms with Gasteiger partial charge >= 0.3 is 5.97 Å². The maximum atomic E-state index is 12.8. The zero-order valence-electron chi connectivity index (χ0n) is 15.9. The molecular weight excluding hydrogens is 354 g/mol. The van der Waals surface area contributed by atoms with E-state index < -0.39 is 16.0 Å². The van der Waals surface area contributed by atoms with E-state index in [1.54, 1.807) is 19.9 Å². The Balaban J connectivity index is 2.21. The SMILES string of the molecule is CCN(CC)S(=O)(=O)c1cc(C(=O)OCC2CCCCC2)ccc1OC. The molecule has 0 spiro atoms. The molecular formula is C19H29NO5S. The van der Waals surface area contributed by atoms with Gasteiger partial charge in [0.05, 0.1) is 19.3 Å². The average Bonchev–Trinajstić information content (AvgIpc) is 2.67. The van der Waals surface area contributed by atoms with Gasteiger partial charge in [-0.1, -0.05) is 33.1 Å². The summed E-state index contributed by atoms with van der Waals surface area (Å²) < 4.78 is 37.7. The summed E-state index contributed by atoms with van der Waals surface area (Å²) in [5.41, 5.74) is 0.229. The average molecular weight is 384 g/mol. The highest BCUT2D eigenvalue weighted by atomic mass is 32.2. The molecule has 1 fully saturated rings. The molecule has 6 nitrogen and oxygen atoms in total. The minimum absolute atomic E-state index is 0.00387. The molecule has 0 unspecified atom stereocenters. The minimum Gasteiger partial charge on any atom is -0.495 e. The van der Waals surface area contributed by atoms with Crippen LogP contribution in [-0.4, -0.2) is 45.5 Å². The van der Waals surface area contributed by atoms with E-state index in [9.17, 15) is 13.2 Å². The van der Waals surface area contributed by atoms with Crippen LogP contribution < -0.4 is 4.74 Å². The molecule has 0 atom stereocenters. The summed E-state index contributed by atoms with van der Waals surface area (Å²) in [4.78, 5) is 12.4. The molecule has 0 aliphatic heterocycles. The molecule has 0 radical (unpaired) electrons. The second-order valence-electron chi connectivity index (χ2n) is 6.56. The van der Waals surface area contributed by atoms with Gasteiger partial charge in [0.2, 0.25) is 10.0 Å². The van der Waals surface area contributed by atoms with Crippen molar-refractivity contribution in [3.63, 3.8) is 0 Å². The van der Waals surface area contributed by atoms with Crippen LogP contribution in [-0.2, 0) is 14.8 Å². The van der Waals surface area contributed by atoms with Crippen LogP contribution in [0.2, 0.25) is 0 Å². The molecule has 2 rings (SSSR count). The number of sulfonamides is 1. The highest BCUT2D eigenvalue weighted by Gasteiger charge is 2.27. The second kappa shape index (κ2) is 9.37. The third-order valence-electron chi connectivity index (χ3n) is 4.90. The number of hydrogen-bond donors (Lipinski definition) is 0. The third kappa shape index (κ3) is 4.76. The van der Waals surface area contributed by atoms with E-state index in [0.29, 0.717) is 25.6 Å².